The predicted octanol–water partition coefficient (Wildman–Crippen LogP) is 18.8. The van der Waals surface area contributed by atoms with Gasteiger partial charge in [-0.1, -0.05) is 238 Å². The lowest BCUT2D eigenvalue weighted by molar-refractivity contribution is -0.152. The molecule has 0 radical (unpaired) electrons. The zero-order chi connectivity index (χ0) is 87.9. The van der Waals surface area contributed by atoms with E-state index in [0.29, 0.717) is 51.4 Å². The summed E-state index contributed by atoms with van der Waals surface area (Å²) in [5, 5.41) is 15.3. The summed E-state index contributed by atoms with van der Waals surface area (Å²) in [4.78, 5) is 37.9. The van der Waals surface area contributed by atoms with Gasteiger partial charge < -0.3 is 75.6 Å². The fourth-order valence-corrected chi connectivity index (χ4v) is 25.5. The van der Waals surface area contributed by atoms with Crippen molar-refractivity contribution in [3.05, 3.63) is 189 Å². The molecular weight excluding hydrogens is 1700 g/mol. The maximum absolute atomic E-state index is 16.8. The van der Waals surface area contributed by atoms with Crippen molar-refractivity contribution in [2.75, 3.05) is 55.2 Å². The number of hydrogen-bond donors (Lipinski definition) is 1. The molecule has 0 aliphatic carbocycles. The molecule has 18 nitrogen and oxygen atoms in total. The molecule has 6 aromatic rings. The molecule has 0 bridgehead atoms. The predicted molar refractivity (Wildman–Crippen MR) is 484 cm³/mol. The quantitative estimate of drug-likeness (QED) is 0.0129. The van der Waals surface area contributed by atoms with Crippen LogP contribution in [0.3, 0.4) is 0 Å². The molecule has 1 N–H and O–H groups in total. The van der Waals surface area contributed by atoms with E-state index in [9.17, 15) is 19.5 Å². The van der Waals surface area contributed by atoms with Gasteiger partial charge in [-0.15, -0.1) is 0 Å². The van der Waals surface area contributed by atoms with Gasteiger partial charge in [0.25, 0.3) is 16.6 Å². The number of benzene rings is 6. The fraction of sp³-hybridized carbons (Fsp3) is 0.489. The molecule has 9 atom stereocenters. The number of carbonyl (C=O) groups excluding carboxylic acids is 3. The molecule has 2 heterocycles. The monoisotopic (exact) mass is 1830 g/mol. The number of methoxy groups -OCH3 is 4. The maximum Gasteiger partial charge on any atom is 0.342 e. The number of esters is 2. The Hall–Kier alpha value is -6.76. The summed E-state index contributed by atoms with van der Waals surface area (Å²) in [6.07, 6.45) is 4.49. The van der Waals surface area contributed by atoms with Crippen molar-refractivity contribution in [2.24, 2.45) is 0 Å². The topological polar surface area (TPSA) is 201 Å². The largest absolute Gasteiger partial charge is 0.497 e. The minimum Gasteiger partial charge on any atom is -0.497 e. The van der Waals surface area contributed by atoms with Crippen LogP contribution in [0.4, 0.5) is 8.78 Å². The van der Waals surface area contributed by atoms with E-state index in [1.54, 1.807) is 78.0 Å². The van der Waals surface area contributed by atoms with E-state index in [1.165, 1.54) is 41.4 Å². The second-order valence-electron chi connectivity index (χ2n) is 35.1. The van der Waals surface area contributed by atoms with Crippen molar-refractivity contribution in [3.63, 3.8) is 0 Å². The lowest BCUT2D eigenvalue weighted by Crippen LogP contribution is -2.68. The van der Waals surface area contributed by atoms with Gasteiger partial charge in [-0.05, 0) is 172 Å². The lowest BCUT2D eigenvalue weighted by Gasteiger charge is -2.46. The lowest BCUT2D eigenvalue weighted by atomic mass is 10.00. The molecule has 0 spiro atoms. The van der Waals surface area contributed by atoms with Crippen LogP contribution in [0.5, 0.6) is 23.0 Å². The van der Waals surface area contributed by atoms with Crippen LogP contribution < -0.4 is 39.7 Å². The van der Waals surface area contributed by atoms with Gasteiger partial charge in [-0.2, -0.15) is 0 Å². The van der Waals surface area contributed by atoms with E-state index >= 15 is 8.78 Å². The number of aliphatic hydroxyl groups is 1. The Bertz CT molecular complexity index is 4260. The normalized spacial score (nSPS) is 18.6. The van der Waals surface area contributed by atoms with Gasteiger partial charge >= 0.3 is 11.9 Å². The molecule has 9 unspecified atom stereocenters. The van der Waals surface area contributed by atoms with Gasteiger partial charge in [-0.25, -0.2) is 18.4 Å². The first-order valence-corrected chi connectivity index (χ1v) is 52.7. The average molecular weight is 1830 g/mol. The highest BCUT2D eigenvalue weighted by Crippen LogP contribution is 2.43. The first-order chi connectivity index (χ1) is 55.1. The zero-order valence-corrected chi connectivity index (χ0v) is 80.6. The maximum atomic E-state index is 16.8. The van der Waals surface area contributed by atoms with Crippen LogP contribution in [0, 0.1) is 11.8 Å². The number of hydrogen-bond acceptors (Lipinski definition) is 18. The third kappa shape index (κ3) is 28.4. The van der Waals surface area contributed by atoms with Crippen LogP contribution in [0.1, 0.15) is 142 Å². The van der Waals surface area contributed by atoms with Crippen molar-refractivity contribution in [1.29, 1.82) is 0 Å². The molecule has 8 rings (SSSR count). The van der Waals surface area contributed by atoms with E-state index in [0.717, 1.165) is 39.1 Å². The van der Waals surface area contributed by atoms with Gasteiger partial charge in [0.05, 0.1) is 55.2 Å². The van der Waals surface area contributed by atoms with Gasteiger partial charge in [0.1, 0.15) is 52.4 Å². The fourth-order valence-electron chi connectivity index (χ4n) is 13.7. The molecule has 118 heavy (non-hydrogen) atoms. The van der Waals surface area contributed by atoms with Crippen molar-refractivity contribution >= 4 is 116 Å². The van der Waals surface area contributed by atoms with Crippen LogP contribution in [-0.2, 0) is 51.5 Å². The van der Waals surface area contributed by atoms with Gasteiger partial charge in [0.2, 0.25) is 0 Å². The summed E-state index contributed by atoms with van der Waals surface area (Å²) in [6, 6.07) is 49.0. The van der Waals surface area contributed by atoms with Crippen LogP contribution >= 0.6 is 31.9 Å². The Morgan fingerprint density at radius 3 is 1.26 bits per heavy atom. The molecule has 0 saturated carbocycles. The van der Waals surface area contributed by atoms with E-state index in [2.05, 4.69) is 173 Å². The highest BCUT2D eigenvalue weighted by molar-refractivity contribution is 9.28. The summed E-state index contributed by atoms with van der Waals surface area (Å²) < 4.78 is 114. The number of aldehydes is 1. The van der Waals surface area contributed by atoms with E-state index in [-0.39, 0.29) is 47.0 Å². The summed E-state index contributed by atoms with van der Waals surface area (Å²) in [5.41, 5.74) is -2.19. The van der Waals surface area contributed by atoms with E-state index < -0.39 is 110 Å². The minimum atomic E-state index is -3.09. The SMILES string of the molecule is CC(O[Si](c1ccccc1)(c1ccccc1)C(C)(C)C)C(C)(F)C=C(Br)Br.COCOc1cc(OC)cc(/C=C/CC2OC(C)(C)OC2C(O)C#CC(C)(F)C(C)O[Si](c2ccccc2)(c2ccccc2)C(C)(C)C)c1C(=O)OCC[Si](C)(C)C.COCOc1cc(OC)cc(/C=C/CC2OC(C)(C)OC2C=O)c1C(=O)OCC[Si](C)(C)C. The second-order valence-corrected chi connectivity index (χ2v) is 57.6. The number of rotatable bonds is 35. The summed E-state index contributed by atoms with van der Waals surface area (Å²) in [6.45, 7) is 40.3. The second kappa shape index (κ2) is 43.8. The van der Waals surface area contributed by atoms with Crippen molar-refractivity contribution in [2.45, 2.75) is 237 Å². The molecular formula is C92H126Br2F2O18Si4. The molecule has 0 aromatic heterocycles. The molecule has 646 valence electrons. The van der Waals surface area contributed by atoms with Crippen LogP contribution in [0.2, 0.25) is 61.4 Å². The Labute approximate surface area is 721 Å². The van der Waals surface area contributed by atoms with E-state index in [1.807, 2.05) is 91.9 Å². The standard InChI is InChI=1S/C46H63FO9Si2.C24H36O8Si.C22H27Br2FOSi/c1-33(56-58(44(2,3)4,36-21-15-13-16-22-36)37-23-17-14-18-24-37)46(7,47)27-26-38(48)42-39(54-45(5,6)55-42)25-19-20-34-30-35(51-9)31-40(53-32-50-8)41(34)43(49)52-28-29-57(10,11)12;1-24(2)31-19(21(15-25)32-24)10-8-9-17-13-18(28-4)14-20(30-16-27-3)22(17)23(26)29-11-12-33(5,6)7;1-17(22(5,25)16-20(23)24)26-27(21(2,3)4,18-12-8-6-9-13-18)19-14-10-7-11-15-19/h13-24,30-31,33,38-39,42,48H,25,28-29,32H2,1-12H3;8-9,13-15,19,21H,10-12,16H2,1-7H3;6-17H,1-5H3/b20-19+;9-8+;. The summed E-state index contributed by atoms with van der Waals surface area (Å²) in [5.74, 6) is 4.14. The Morgan fingerprint density at radius 1 is 0.551 bits per heavy atom. The van der Waals surface area contributed by atoms with Crippen LogP contribution in [0.15, 0.2) is 167 Å². The van der Waals surface area contributed by atoms with Crippen LogP contribution in [-0.4, -0.2) is 177 Å². The molecule has 6 aromatic carbocycles. The Kier molecular flexibility index (Phi) is 37.2. The summed E-state index contributed by atoms with van der Waals surface area (Å²) in [7, 11) is -2.63. The van der Waals surface area contributed by atoms with Crippen molar-refractivity contribution in [3.8, 4) is 34.8 Å². The third-order valence-corrected chi connectivity index (χ3v) is 34.2. The van der Waals surface area contributed by atoms with Crippen molar-refractivity contribution in [1.82, 2.24) is 0 Å². The first kappa shape index (κ1) is 100. The summed E-state index contributed by atoms with van der Waals surface area (Å²) >= 11 is 6.56. The number of ether oxygens (including phenoxy) is 12. The Balaban J connectivity index is 0.000000303. The van der Waals surface area contributed by atoms with Crippen molar-refractivity contribution < 1.29 is 94.0 Å². The average Bonchev–Trinajstić information content (AvgIpc) is 0.872. The number of carbonyl (C=O) groups is 3. The zero-order valence-electron chi connectivity index (χ0n) is 73.4. The molecule has 2 saturated heterocycles. The molecule has 0 amide bonds. The minimum absolute atomic E-state index is 0.0329. The molecule has 2 aliphatic rings. The molecule has 26 heteroatoms. The van der Waals surface area contributed by atoms with Gasteiger partial charge in [0.15, 0.2) is 42.8 Å². The van der Waals surface area contributed by atoms with Gasteiger partial charge in [0, 0.05) is 42.5 Å². The third-order valence-electron chi connectivity index (χ3n) is 20.1. The highest BCUT2D eigenvalue weighted by Gasteiger charge is 2.55. The number of aliphatic hydroxyl groups excluding tert-OH is 1. The van der Waals surface area contributed by atoms with E-state index in [4.69, 9.17) is 65.7 Å². The number of halogens is 4. The first-order valence-electron chi connectivity index (χ1n) is 39.9. The molecule has 2 fully saturated rings. The molecule has 2 aliphatic heterocycles. The van der Waals surface area contributed by atoms with Gasteiger partial charge in [-0.3, -0.25) is 0 Å². The smallest absolute Gasteiger partial charge is 0.342 e. The number of alkyl halides is 2. The van der Waals surface area contributed by atoms with Crippen LogP contribution in [0.25, 0.3) is 12.2 Å². The highest BCUT2D eigenvalue weighted by atomic mass is 79.9. The Morgan fingerprint density at radius 2 is 0.915 bits per heavy atom.